The second-order valence-electron chi connectivity index (χ2n) is 16.2. The molecule has 6 heteroatoms. The zero-order valence-corrected chi connectivity index (χ0v) is 46.3. The van der Waals surface area contributed by atoms with Crippen LogP contribution in [0.5, 0.6) is 0 Å². The first kappa shape index (κ1) is 46.6. The van der Waals surface area contributed by atoms with E-state index in [2.05, 4.69) is 200 Å². The molecule has 296 valence electrons. The number of hydrogen-bond acceptors (Lipinski definition) is 0. The van der Waals surface area contributed by atoms with Gasteiger partial charge in [-0.1, -0.05) is 0 Å². The van der Waals surface area contributed by atoms with Crippen molar-refractivity contribution >= 4 is 58.1 Å². The molecule has 4 aromatic rings. The number of benzene rings is 4. The van der Waals surface area contributed by atoms with Gasteiger partial charge < -0.3 is 0 Å². The Kier molecular flexibility index (Phi) is 17.2. The molecule has 0 heterocycles. The molecule has 0 atom stereocenters. The molecule has 4 aliphatic carbocycles. The van der Waals surface area contributed by atoms with Gasteiger partial charge >= 0.3 is 356 Å². The maximum atomic E-state index is 2.57. The molecule has 4 aromatic carbocycles. The van der Waals surface area contributed by atoms with Crippen LogP contribution in [0.1, 0.15) is 70.2 Å². The van der Waals surface area contributed by atoms with Crippen molar-refractivity contribution in [1.82, 2.24) is 0 Å². The Morgan fingerprint density at radius 1 is 0.362 bits per heavy atom. The molecule has 0 radical (unpaired) electrons. The van der Waals surface area contributed by atoms with E-state index in [0.29, 0.717) is 0 Å². The van der Waals surface area contributed by atoms with Gasteiger partial charge in [-0.15, -0.1) is 24.8 Å². The fraction of sp³-hybridized carbons (Fsp3) is 0.231. The van der Waals surface area contributed by atoms with E-state index in [0.717, 1.165) is 0 Å². The number of rotatable bonds is 8. The van der Waals surface area contributed by atoms with Crippen LogP contribution in [0.2, 0.25) is 26.2 Å². The molecule has 0 fully saturated rings. The predicted molar refractivity (Wildman–Crippen MR) is 257 cm³/mol. The standard InChI is InChI=1S/4C12H11.2C2H6Si.2ClH.2Hf/c4*1-10-5-4-8-12(9-10)11-6-2-3-7-11;2*1-3-2;;;;/h4*2,4-6,8-9H,3H2,1H3;2*1-2H3;2*1H;;. The van der Waals surface area contributed by atoms with Crippen LogP contribution in [0.4, 0.5) is 0 Å². The van der Waals surface area contributed by atoms with Gasteiger partial charge in [0.25, 0.3) is 0 Å². The number of halogens is 2. The smallest absolute Gasteiger partial charge is 0.147 e. The number of hydrogen-bond donors (Lipinski definition) is 0. The van der Waals surface area contributed by atoms with E-state index in [1.54, 1.807) is 22.3 Å². The maximum Gasteiger partial charge on any atom is -0.147 e. The molecule has 8 rings (SSSR count). The van der Waals surface area contributed by atoms with Gasteiger partial charge in [0.05, 0.1) is 0 Å². The fourth-order valence-corrected chi connectivity index (χ4v) is 59.4. The summed E-state index contributed by atoms with van der Waals surface area (Å²) in [5.41, 5.74) is 16.7. The Hall–Kier alpha value is -2.45. The van der Waals surface area contributed by atoms with Gasteiger partial charge in [-0.3, -0.25) is 0 Å². The first-order valence-electron chi connectivity index (χ1n) is 20.3. The van der Waals surface area contributed by atoms with Crippen LogP contribution in [0.15, 0.2) is 159 Å². The van der Waals surface area contributed by atoms with Gasteiger partial charge in [0.1, 0.15) is 0 Å². The van der Waals surface area contributed by atoms with E-state index in [9.17, 15) is 0 Å². The molecule has 0 amide bonds. The van der Waals surface area contributed by atoms with E-state index in [4.69, 9.17) is 0 Å². The summed E-state index contributed by atoms with van der Waals surface area (Å²) in [4.78, 5) is 0. The summed E-state index contributed by atoms with van der Waals surface area (Å²) < 4.78 is 7.38. The molecule has 0 spiro atoms. The Labute approximate surface area is 377 Å². The molecule has 0 saturated carbocycles. The van der Waals surface area contributed by atoms with Crippen molar-refractivity contribution in [3.63, 3.8) is 0 Å². The van der Waals surface area contributed by atoms with E-state index >= 15 is 0 Å². The van der Waals surface area contributed by atoms with Gasteiger partial charge in [0.15, 0.2) is 0 Å². The van der Waals surface area contributed by atoms with Crippen LogP contribution < -0.4 is 0 Å². The van der Waals surface area contributed by atoms with E-state index in [1.807, 2.05) is 13.3 Å². The van der Waals surface area contributed by atoms with E-state index in [-0.39, 0.29) is 35.8 Å². The Morgan fingerprint density at radius 3 is 0.776 bits per heavy atom. The molecule has 0 N–H and O–H groups in total. The van der Waals surface area contributed by atoms with Gasteiger partial charge in [0.2, 0.25) is 0 Å². The minimum atomic E-state index is -2.09. The van der Waals surface area contributed by atoms with Crippen LogP contribution in [0, 0.1) is 27.7 Å². The SMILES string of the molecule is Cc1cccc(C2=[C]([Hf]([C]3=C(c4cccc(C)c4)C=CC3)=[Si](C)C)CC=C2)c1.Cc1cccc(C2=[C]([Hf]([C]3=C(c4cccc(C)c4)C=CC3)=[Si](C)C)CC=C2)c1.Cl.Cl. The zero-order valence-electron chi connectivity index (χ0n) is 35.5. The summed E-state index contributed by atoms with van der Waals surface area (Å²) in [5.74, 6) is 0. The van der Waals surface area contributed by atoms with Crippen molar-refractivity contribution in [2.24, 2.45) is 0 Å². The summed E-state index contributed by atoms with van der Waals surface area (Å²) in [6, 6.07) is 36.4. The number of allylic oxidation sites excluding steroid dienone is 16. The molecule has 0 saturated heterocycles. The first-order valence-corrected chi connectivity index (χ1v) is 43.3. The molecule has 0 unspecified atom stereocenters. The molecule has 0 aromatic heterocycles. The maximum absolute atomic E-state index is 2.57. The van der Waals surface area contributed by atoms with E-state index in [1.165, 1.54) is 70.2 Å². The molecule has 0 nitrogen and oxygen atoms in total. The van der Waals surface area contributed by atoms with Crippen LogP contribution in [-0.4, -0.2) is 11.0 Å². The summed E-state index contributed by atoms with van der Waals surface area (Å²) in [7, 11) is 0. The summed E-state index contributed by atoms with van der Waals surface area (Å²) in [6.07, 6.45) is 24.0. The fourth-order valence-electron chi connectivity index (χ4n) is 8.87. The van der Waals surface area contributed by atoms with E-state index < -0.39 is 40.1 Å². The Balaban J connectivity index is 0.000000214. The van der Waals surface area contributed by atoms with Crippen molar-refractivity contribution in [2.45, 2.75) is 79.6 Å². The third-order valence-electron chi connectivity index (χ3n) is 11.2. The average Bonchev–Trinajstić information content (AvgIpc) is 4.01. The summed E-state index contributed by atoms with van der Waals surface area (Å²) in [6.45, 7) is 19.1. The van der Waals surface area contributed by atoms with Gasteiger partial charge in [-0.05, 0) is 0 Å². The average molecular weight is 1170 g/mol. The second kappa shape index (κ2) is 21.4. The van der Waals surface area contributed by atoms with Crippen molar-refractivity contribution in [1.29, 1.82) is 0 Å². The Bertz CT molecular complexity index is 2200. The van der Waals surface area contributed by atoms with Crippen LogP contribution in [-0.2, 0) is 40.1 Å². The minimum Gasteiger partial charge on any atom is -0.147 e. The molecular weight excluding hydrogens is 1110 g/mol. The normalized spacial score (nSPS) is 15.2. The minimum absolute atomic E-state index is 0. The van der Waals surface area contributed by atoms with Crippen LogP contribution >= 0.6 is 24.8 Å². The van der Waals surface area contributed by atoms with Crippen LogP contribution in [0.3, 0.4) is 0 Å². The molecule has 0 bridgehead atoms. The predicted octanol–water partition coefficient (Wildman–Crippen LogP) is 15.3. The van der Waals surface area contributed by atoms with Crippen molar-refractivity contribution < 1.29 is 40.1 Å². The topological polar surface area (TPSA) is 0 Å². The molecule has 58 heavy (non-hydrogen) atoms. The summed E-state index contributed by atoms with van der Waals surface area (Å²) in [5, 5.41) is 0. The van der Waals surface area contributed by atoms with Gasteiger partial charge in [-0.25, -0.2) is 0 Å². The molecule has 4 aliphatic rings. The van der Waals surface area contributed by atoms with Crippen molar-refractivity contribution in [3.8, 4) is 0 Å². The Morgan fingerprint density at radius 2 is 0.586 bits per heavy atom. The molecule has 0 aliphatic heterocycles. The van der Waals surface area contributed by atoms with Crippen molar-refractivity contribution in [3.05, 3.63) is 203 Å². The quantitative estimate of drug-likeness (QED) is 0.154. The third-order valence-corrected chi connectivity index (χ3v) is 60.2. The van der Waals surface area contributed by atoms with Crippen LogP contribution in [0.25, 0.3) is 22.3 Å². The zero-order chi connectivity index (χ0) is 39.3. The van der Waals surface area contributed by atoms with Crippen molar-refractivity contribution in [2.75, 3.05) is 0 Å². The first-order chi connectivity index (χ1) is 27.1. The largest absolute Gasteiger partial charge is 0.147 e. The monoisotopic (exact) mass is 1170 g/mol. The summed E-state index contributed by atoms with van der Waals surface area (Å²) >= 11 is -4.19. The second-order valence-corrected chi connectivity index (χ2v) is 64.0. The third kappa shape index (κ3) is 10.7. The number of aryl methyl sites for hydroxylation is 4. The van der Waals surface area contributed by atoms with Gasteiger partial charge in [-0.2, -0.15) is 0 Å². The van der Waals surface area contributed by atoms with Gasteiger partial charge in [0, 0.05) is 0 Å². The molecular formula is C52H58Cl2Hf2Si2.